The molecule has 174 valence electrons. The molecule has 34 heavy (non-hydrogen) atoms. The second-order valence-electron chi connectivity index (χ2n) is 9.22. The minimum Gasteiger partial charge on any atom is -0.507 e. The van der Waals surface area contributed by atoms with Gasteiger partial charge in [0, 0.05) is 10.7 Å². The maximum absolute atomic E-state index is 13.3. The first kappa shape index (κ1) is 23.6. The largest absolute Gasteiger partial charge is 0.507 e. The highest BCUT2D eigenvalue weighted by Gasteiger charge is 2.47. The predicted molar refractivity (Wildman–Crippen MR) is 134 cm³/mol. The molecule has 1 amide bonds. The fraction of sp³-hybridized carbons (Fsp3) is 0.214. The lowest BCUT2D eigenvalue weighted by molar-refractivity contribution is -0.132. The Hall–Kier alpha value is -3.57. The van der Waals surface area contributed by atoms with E-state index in [2.05, 4.69) is 20.8 Å². The van der Waals surface area contributed by atoms with Gasteiger partial charge in [-0.1, -0.05) is 74.8 Å². The first-order chi connectivity index (χ1) is 16.1. The van der Waals surface area contributed by atoms with Crippen LogP contribution in [0.3, 0.4) is 0 Å². The summed E-state index contributed by atoms with van der Waals surface area (Å²) in [4.78, 5) is 28.0. The van der Waals surface area contributed by atoms with Crippen LogP contribution in [0.1, 0.15) is 43.5 Å². The van der Waals surface area contributed by atoms with E-state index in [4.69, 9.17) is 16.3 Å². The quantitative estimate of drug-likeness (QED) is 0.274. The van der Waals surface area contributed by atoms with Gasteiger partial charge in [-0.05, 0) is 46.9 Å². The molecular weight excluding hydrogens is 450 g/mol. The normalized spacial score (nSPS) is 17.8. The van der Waals surface area contributed by atoms with Gasteiger partial charge in [0.25, 0.3) is 11.7 Å². The number of aliphatic hydroxyl groups is 1. The number of hydrogen-bond donors (Lipinski definition) is 1. The van der Waals surface area contributed by atoms with E-state index in [9.17, 15) is 14.7 Å². The molecule has 0 aliphatic carbocycles. The van der Waals surface area contributed by atoms with Crippen molar-refractivity contribution >= 4 is 34.7 Å². The molecule has 1 aliphatic rings. The van der Waals surface area contributed by atoms with Crippen LogP contribution in [0.25, 0.3) is 5.76 Å². The van der Waals surface area contributed by atoms with Crippen molar-refractivity contribution in [3.8, 4) is 5.75 Å². The molecule has 1 fully saturated rings. The van der Waals surface area contributed by atoms with Crippen molar-refractivity contribution in [3.05, 3.63) is 100 Å². The lowest BCUT2D eigenvalue weighted by Crippen LogP contribution is -2.29. The van der Waals surface area contributed by atoms with Gasteiger partial charge in [0.1, 0.15) is 11.5 Å². The smallest absolute Gasteiger partial charge is 0.300 e. The SMILES string of the molecule is COc1ccc(Cl)cc1/C(O)=C1\C(=O)C(=O)N(c2ccccc2)C1c1ccc(C(C)(C)C)cc1. The van der Waals surface area contributed by atoms with E-state index in [1.54, 1.807) is 36.4 Å². The number of rotatable bonds is 4. The average molecular weight is 476 g/mol. The molecule has 1 heterocycles. The Labute approximate surface area is 204 Å². The third-order valence-corrected chi connectivity index (χ3v) is 6.22. The Morgan fingerprint density at radius 2 is 1.62 bits per heavy atom. The first-order valence-corrected chi connectivity index (χ1v) is 11.3. The van der Waals surface area contributed by atoms with Crippen LogP contribution >= 0.6 is 11.6 Å². The van der Waals surface area contributed by atoms with E-state index >= 15 is 0 Å². The van der Waals surface area contributed by atoms with Crippen LogP contribution in [0.4, 0.5) is 5.69 Å². The molecule has 4 rings (SSSR count). The molecule has 1 saturated heterocycles. The lowest BCUT2D eigenvalue weighted by Gasteiger charge is -2.26. The Bertz CT molecular complexity index is 1270. The zero-order valence-electron chi connectivity index (χ0n) is 19.5. The Morgan fingerprint density at radius 3 is 2.21 bits per heavy atom. The number of para-hydroxylation sites is 1. The van der Waals surface area contributed by atoms with E-state index in [0.717, 1.165) is 5.56 Å². The average Bonchev–Trinajstić information content (AvgIpc) is 3.09. The summed E-state index contributed by atoms with van der Waals surface area (Å²) in [6, 6.07) is 20.7. The number of ether oxygens (including phenoxy) is 1. The molecule has 0 saturated carbocycles. The number of hydrogen-bond acceptors (Lipinski definition) is 4. The first-order valence-electron chi connectivity index (χ1n) is 10.9. The van der Waals surface area contributed by atoms with Gasteiger partial charge in [-0.2, -0.15) is 0 Å². The van der Waals surface area contributed by atoms with Crippen LogP contribution in [0.5, 0.6) is 5.75 Å². The Balaban J connectivity index is 1.96. The van der Waals surface area contributed by atoms with Crippen LogP contribution in [-0.2, 0) is 15.0 Å². The molecule has 3 aromatic carbocycles. The van der Waals surface area contributed by atoms with Gasteiger partial charge in [-0.25, -0.2) is 0 Å². The van der Waals surface area contributed by atoms with Crippen molar-refractivity contribution < 1.29 is 19.4 Å². The highest BCUT2D eigenvalue weighted by atomic mass is 35.5. The van der Waals surface area contributed by atoms with Crippen LogP contribution in [0, 0.1) is 0 Å². The fourth-order valence-corrected chi connectivity index (χ4v) is 4.35. The van der Waals surface area contributed by atoms with Gasteiger partial charge in [0.15, 0.2) is 0 Å². The van der Waals surface area contributed by atoms with E-state index in [0.29, 0.717) is 22.0 Å². The molecule has 6 heteroatoms. The van der Waals surface area contributed by atoms with Crippen molar-refractivity contribution in [2.45, 2.75) is 32.2 Å². The third kappa shape index (κ3) is 4.19. The number of carbonyl (C=O) groups excluding carboxylic acids is 2. The third-order valence-electron chi connectivity index (χ3n) is 5.99. The van der Waals surface area contributed by atoms with E-state index in [-0.39, 0.29) is 22.3 Å². The van der Waals surface area contributed by atoms with Crippen LogP contribution in [0.2, 0.25) is 5.02 Å². The monoisotopic (exact) mass is 475 g/mol. The van der Waals surface area contributed by atoms with Crippen LogP contribution in [0.15, 0.2) is 78.4 Å². The summed E-state index contributed by atoms with van der Waals surface area (Å²) in [5.41, 5.74) is 2.55. The number of anilines is 1. The van der Waals surface area contributed by atoms with E-state index < -0.39 is 17.7 Å². The summed E-state index contributed by atoms with van der Waals surface area (Å²) < 4.78 is 5.39. The highest BCUT2D eigenvalue weighted by molar-refractivity contribution is 6.51. The van der Waals surface area contributed by atoms with Gasteiger partial charge in [-0.15, -0.1) is 0 Å². The number of Topliss-reactive ketones (excluding diaryl/α,β-unsaturated/α-hetero) is 1. The van der Waals surface area contributed by atoms with Crippen molar-refractivity contribution in [3.63, 3.8) is 0 Å². The molecule has 1 atom stereocenters. The molecule has 1 unspecified atom stereocenters. The minimum absolute atomic E-state index is 0.0158. The maximum Gasteiger partial charge on any atom is 0.300 e. The second-order valence-corrected chi connectivity index (χ2v) is 9.66. The lowest BCUT2D eigenvalue weighted by atomic mass is 9.85. The standard InChI is InChI=1S/C28H26ClNO4/c1-28(2,3)18-12-10-17(11-13-18)24-23(25(31)21-16-19(29)14-15-22(21)34-4)26(32)27(33)30(24)20-8-6-5-7-9-20/h5-16,24,31H,1-4H3/b25-23+. The fourth-order valence-electron chi connectivity index (χ4n) is 4.18. The summed E-state index contributed by atoms with van der Waals surface area (Å²) in [5.74, 6) is -1.47. The molecule has 1 N–H and O–H groups in total. The molecular formula is C28H26ClNO4. The molecule has 0 spiro atoms. The Kier molecular flexibility index (Phi) is 6.24. The molecule has 0 radical (unpaired) electrons. The zero-order valence-corrected chi connectivity index (χ0v) is 20.3. The van der Waals surface area contributed by atoms with Gasteiger partial charge in [0.2, 0.25) is 0 Å². The van der Waals surface area contributed by atoms with Crippen molar-refractivity contribution in [2.24, 2.45) is 0 Å². The summed E-state index contributed by atoms with van der Waals surface area (Å²) in [6.45, 7) is 6.34. The topological polar surface area (TPSA) is 66.8 Å². The van der Waals surface area contributed by atoms with Crippen LogP contribution < -0.4 is 9.64 Å². The van der Waals surface area contributed by atoms with Crippen molar-refractivity contribution in [1.82, 2.24) is 0 Å². The second kappa shape index (κ2) is 8.99. The number of amides is 1. The van der Waals surface area contributed by atoms with Gasteiger partial charge in [0.05, 0.1) is 24.3 Å². The van der Waals surface area contributed by atoms with Crippen LogP contribution in [-0.4, -0.2) is 23.9 Å². The number of carbonyl (C=O) groups is 2. The molecule has 0 aromatic heterocycles. The number of methoxy groups -OCH3 is 1. The van der Waals surface area contributed by atoms with Crippen molar-refractivity contribution in [1.29, 1.82) is 0 Å². The van der Waals surface area contributed by atoms with Gasteiger partial charge in [-0.3, -0.25) is 14.5 Å². The number of halogens is 1. The number of benzene rings is 3. The van der Waals surface area contributed by atoms with E-state index in [1.807, 2.05) is 30.3 Å². The summed E-state index contributed by atoms with van der Waals surface area (Å²) in [6.07, 6.45) is 0. The highest BCUT2D eigenvalue weighted by Crippen LogP contribution is 2.43. The zero-order chi connectivity index (χ0) is 24.6. The number of aliphatic hydroxyl groups excluding tert-OH is 1. The maximum atomic E-state index is 13.3. The van der Waals surface area contributed by atoms with E-state index in [1.165, 1.54) is 18.1 Å². The number of nitrogens with zero attached hydrogens (tertiary/aromatic N) is 1. The van der Waals surface area contributed by atoms with Crippen molar-refractivity contribution in [2.75, 3.05) is 12.0 Å². The Morgan fingerprint density at radius 1 is 0.971 bits per heavy atom. The summed E-state index contributed by atoms with van der Waals surface area (Å²) in [7, 11) is 1.46. The van der Waals surface area contributed by atoms with Gasteiger partial charge < -0.3 is 9.84 Å². The molecule has 5 nitrogen and oxygen atoms in total. The summed E-state index contributed by atoms with van der Waals surface area (Å²) in [5, 5.41) is 11.7. The summed E-state index contributed by atoms with van der Waals surface area (Å²) >= 11 is 6.18. The molecule has 0 bridgehead atoms. The minimum atomic E-state index is -0.819. The van der Waals surface area contributed by atoms with Gasteiger partial charge >= 0.3 is 0 Å². The predicted octanol–water partition coefficient (Wildman–Crippen LogP) is 6.27. The molecule has 3 aromatic rings. The molecule has 1 aliphatic heterocycles. The number of ketones is 1.